The Hall–Kier alpha value is -2.38. The minimum Gasteiger partial charge on any atom is -0.467 e. The molecule has 0 bridgehead atoms. The summed E-state index contributed by atoms with van der Waals surface area (Å²) in [4.78, 5) is 29.1. The van der Waals surface area contributed by atoms with Crippen LogP contribution in [0.2, 0.25) is 0 Å². The summed E-state index contributed by atoms with van der Waals surface area (Å²) in [5.74, 6) is 2.00. The lowest BCUT2D eigenvalue weighted by Crippen LogP contribution is -3.12. The largest absolute Gasteiger partial charge is 0.467 e. The Balaban J connectivity index is 1.69. The molecule has 7 nitrogen and oxygen atoms in total. The summed E-state index contributed by atoms with van der Waals surface area (Å²) in [7, 11) is 0. The molecule has 170 valence electrons. The van der Waals surface area contributed by atoms with E-state index in [1.807, 2.05) is 12.1 Å². The van der Waals surface area contributed by atoms with E-state index in [1.165, 1.54) is 4.90 Å². The Bertz CT molecular complexity index is 821. The molecule has 2 aromatic heterocycles. The zero-order chi connectivity index (χ0) is 22.2. The first-order valence-electron chi connectivity index (χ1n) is 11.3. The Morgan fingerprint density at radius 2 is 1.87 bits per heavy atom. The molecule has 3 heterocycles. The summed E-state index contributed by atoms with van der Waals surface area (Å²) in [5, 5.41) is 0. The van der Waals surface area contributed by atoms with Crippen LogP contribution in [0.15, 0.2) is 39.4 Å². The predicted molar refractivity (Wildman–Crippen MR) is 116 cm³/mol. The minimum absolute atomic E-state index is 0.0603. The van der Waals surface area contributed by atoms with Gasteiger partial charge in [0.25, 0.3) is 5.91 Å². The number of nitrogens with one attached hydrogen (secondary N) is 1. The van der Waals surface area contributed by atoms with Crippen molar-refractivity contribution in [2.24, 2.45) is 5.92 Å². The first-order valence-corrected chi connectivity index (χ1v) is 11.3. The smallest absolute Gasteiger partial charge is 0.290 e. The summed E-state index contributed by atoms with van der Waals surface area (Å²) in [6, 6.07) is 6.61. The van der Waals surface area contributed by atoms with Gasteiger partial charge in [-0.3, -0.25) is 9.59 Å². The standard InChI is InChI=1S/C24H34N2O5/c1-18(2)6-4-8-22(27)19(3)26(17-20-7-5-13-30-20)24(28)23-10-9-21(31-23)16-25-11-14-29-15-12-25/h5,7,9-10,13,18-19H,4,6,8,11-12,14-17H2,1-3H3/p+1/t19-/m1/s1. The highest BCUT2D eigenvalue weighted by Gasteiger charge is 2.29. The zero-order valence-corrected chi connectivity index (χ0v) is 18.9. The van der Waals surface area contributed by atoms with Crippen molar-refractivity contribution in [3.8, 4) is 0 Å². The number of carbonyl (C=O) groups excluding carboxylic acids is 2. The lowest BCUT2D eigenvalue weighted by atomic mass is 10.0. The zero-order valence-electron chi connectivity index (χ0n) is 18.9. The predicted octanol–water partition coefficient (Wildman–Crippen LogP) is 2.71. The van der Waals surface area contributed by atoms with E-state index in [9.17, 15) is 9.59 Å². The van der Waals surface area contributed by atoms with Crippen LogP contribution in [0.3, 0.4) is 0 Å². The van der Waals surface area contributed by atoms with E-state index in [1.54, 1.807) is 30.2 Å². The monoisotopic (exact) mass is 431 g/mol. The molecule has 1 fully saturated rings. The summed E-state index contributed by atoms with van der Waals surface area (Å²) in [6.45, 7) is 10.4. The van der Waals surface area contributed by atoms with Gasteiger partial charge in [-0.1, -0.05) is 20.3 Å². The van der Waals surface area contributed by atoms with E-state index in [2.05, 4.69) is 13.8 Å². The molecule has 1 saturated heterocycles. The second-order valence-electron chi connectivity index (χ2n) is 8.75. The van der Waals surface area contributed by atoms with Crippen LogP contribution >= 0.6 is 0 Å². The first kappa shape index (κ1) is 23.3. The maximum Gasteiger partial charge on any atom is 0.290 e. The van der Waals surface area contributed by atoms with Crippen molar-refractivity contribution in [3.05, 3.63) is 47.8 Å². The average molecular weight is 432 g/mol. The number of ketones is 1. The number of amides is 1. The quantitative estimate of drug-likeness (QED) is 0.592. The molecule has 1 aliphatic rings. The van der Waals surface area contributed by atoms with Gasteiger partial charge in [0, 0.05) is 6.42 Å². The number of furan rings is 2. The second kappa shape index (κ2) is 11.3. The fourth-order valence-electron chi connectivity index (χ4n) is 3.83. The summed E-state index contributed by atoms with van der Waals surface area (Å²) >= 11 is 0. The van der Waals surface area contributed by atoms with Crippen LogP contribution in [-0.4, -0.2) is 48.9 Å². The van der Waals surface area contributed by atoms with E-state index < -0.39 is 6.04 Å². The average Bonchev–Trinajstić information content (AvgIpc) is 3.43. The molecular weight excluding hydrogens is 396 g/mol. The van der Waals surface area contributed by atoms with Crippen molar-refractivity contribution in [2.75, 3.05) is 26.3 Å². The van der Waals surface area contributed by atoms with Crippen molar-refractivity contribution < 1.29 is 28.1 Å². The number of rotatable bonds is 11. The van der Waals surface area contributed by atoms with Gasteiger partial charge in [-0.15, -0.1) is 0 Å². The molecule has 0 aromatic carbocycles. The summed E-state index contributed by atoms with van der Waals surface area (Å²) < 4.78 is 16.7. The van der Waals surface area contributed by atoms with Crippen molar-refractivity contribution in [1.29, 1.82) is 0 Å². The number of morpholine rings is 1. The highest BCUT2D eigenvalue weighted by molar-refractivity contribution is 5.95. The number of hydrogen-bond acceptors (Lipinski definition) is 5. The summed E-state index contributed by atoms with van der Waals surface area (Å²) in [5.41, 5.74) is 0. The van der Waals surface area contributed by atoms with Gasteiger partial charge in [0.15, 0.2) is 17.3 Å². The lowest BCUT2D eigenvalue weighted by Gasteiger charge is -2.27. The first-order chi connectivity index (χ1) is 14.9. The SMILES string of the molecule is CC(C)CCCC(=O)[C@@H](C)N(Cc1ccco1)C(=O)c1ccc(C[NH+]2CCOCC2)o1. The Kier molecular flexibility index (Phi) is 8.49. The Labute approximate surface area is 184 Å². The molecule has 2 aromatic rings. The Morgan fingerprint density at radius 1 is 1.10 bits per heavy atom. The molecule has 1 aliphatic heterocycles. The van der Waals surface area contributed by atoms with Gasteiger partial charge in [0.1, 0.15) is 25.4 Å². The van der Waals surface area contributed by atoms with Crippen molar-refractivity contribution >= 4 is 11.7 Å². The van der Waals surface area contributed by atoms with Crippen molar-refractivity contribution in [1.82, 2.24) is 4.90 Å². The van der Waals surface area contributed by atoms with E-state index in [0.29, 0.717) is 18.1 Å². The van der Waals surface area contributed by atoms with E-state index >= 15 is 0 Å². The number of hydrogen-bond donors (Lipinski definition) is 1. The van der Waals surface area contributed by atoms with E-state index in [-0.39, 0.29) is 24.0 Å². The molecule has 0 unspecified atom stereocenters. The molecule has 0 saturated carbocycles. The molecular formula is C24H35N2O5+. The van der Waals surface area contributed by atoms with Crippen LogP contribution in [0, 0.1) is 5.92 Å². The lowest BCUT2D eigenvalue weighted by molar-refractivity contribution is -0.922. The van der Waals surface area contributed by atoms with Crippen molar-refractivity contribution in [2.45, 2.75) is 59.2 Å². The number of nitrogens with zero attached hydrogens (tertiary/aromatic N) is 1. The molecule has 3 rings (SSSR count). The van der Waals surface area contributed by atoms with Crippen molar-refractivity contribution in [3.63, 3.8) is 0 Å². The topological polar surface area (TPSA) is 77.3 Å². The number of ether oxygens (including phenoxy) is 1. The molecule has 7 heteroatoms. The maximum atomic E-state index is 13.3. The van der Waals surface area contributed by atoms with Crippen LogP contribution in [-0.2, 0) is 22.6 Å². The minimum atomic E-state index is -0.553. The van der Waals surface area contributed by atoms with Gasteiger partial charge >= 0.3 is 0 Å². The molecule has 1 amide bonds. The van der Waals surface area contributed by atoms with Gasteiger partial charge < -0.3 is 23.4 Å². The number of quaternary nitrogens is 1. The third-order valence-electron chi connectivity index (χ3n) is 5.80. The van der Waals surface area contributed by atoms with Crippen LogP contribution in [0.4, 0.5) is 0 Å². The highest BCUT2D eigenvalue weighted by Crippen LogP contribution is 2.18. The molecule has 1 N–H and O–H groups in total. The van der Waals surface area contributed by atoms with Gasteiger partial charge in [-0.05, 0) is 43.5 Å². The van der Waals surface area contributed by atoms with Gasteiger partial charge in [0.2, 0.25) is 0 Å². The van der Waals surface area contributed by atoms with Crippen LogP contribution in [0.25, 0.3) is 0 Å². The van der Waals surface area contributed by atoms with Crippen LogP contribution in [0.1, 0.15) is 62.1 Å². The van der Waals surface area contributed by atoms with Crippen LogP contribution < -0.4 is 4.90 Å². The fourth-order valence-corrected chi connectivity index (χ4v) is 3.83. The molecule has 0 radical (unpaired) electrons. The fraction of sp³-hybridized carbons (Fsp3) is 0.583. The summed E-state index contributed by atoms with van der Waals surface area (Å²) in [6.07, 6.45) is 3.86. The maximum absolute atomic E-state index is 13.3. The Morgan fingerprint density at radius 3 is 2.55 bits per heavy atom. The highest BCUT2D eigenvalue weighted by atomic mass is 16.5. The normalized spacial score (nSPS) is 15.9. The molecule has 0 spiro atoms. The van der Waals surface area contributed by atoms with Crippen LogP contribution in [0.5, 0.6) is 0 Å². The molecule has 0 aliphatic carbocycles. The molecule has 1 atom stereocenters. The van der Waals surface area contributed by atoms with Gasteiger partial charge in [0.05, 0.1) is 32.1 Å². The number of Topliss-reactive ketones (excluding diaryl/α,β-unsaturated/α-hetero) is 1. The van der Waals surface area contributed by atoms with Gasteiger partial charge in [-0.2, -0.15) is 0 Å². The van der Waals surface area contributed by atoms with Gasteiger partial charge in [-0.25, -0.2) is 0 Å². The second-order valence-corrected chi connectivity index (χ2v) is 8.75. The van der Waals surface area contributed by atoms with E-state index in [4.69, 9.17) is 13.6 Å². The third-order valence-corrected chi connectivity index (χ3v) is 5.80. The third kappa shape index (κ3) is 6.80. The number of carbonyl (C=O) groups is 2. The molecule has 31 heavy (non-hydrogen) atoms. The van der Waals surface area contributed by atoms with E-state index in [0.717, 1.165) is 51.4 Å².